The zero-order valence-electron chi connectivity index (χ0n) is 14.4. The largest absolute Gasteiger partial charge is 0.496 e. The van der Waals surface area contributed by atoms with E-state index in [1.165, 1.54) is 0 Å². The Labute approximate surface area is 152 Å². The van der Waals surface area contributed by atoms with Gasteiger partial charge < -0.3 is 14.2 Å². The van der Waals surface area contributed by atoms with Gasteiger partial charge in [0.25, 0.3) is 0 Å². The molecule has 0 aliphatic heterocycles. The van der Waals surface area contributed by atoms with E-state index in [0.717, 1.165) is 11.1 Å². The minimum absolute atomic E-state index is 0.142. The maximum absolute atomic E-state index is 12.3. The van der Waals surface area contributed by atoms with Gasteiger partial charge in [0.15, 0.2) is 0 Å². The maximum atomic E-state index is 12.3. The highest BCUT2D eigenvalue weighted by Crippen LogP contribution is 2.20. The van der Waals surface area contributed by atoms with Crippen molar-refractivity contribution in [2.45, 2.75) is 13.2 Å². The van der Waals surface area contributed by atoms with Gasteiger partial charge in [-0.1, -0.05) is 30.3 Å². The molecule has 0 amide bonds. The molecule has 0 aliphatic carbocycles. The number of pyridine rings is 1. The van der Waals surface area contributed by atoms with Crippen molar-refractivity contribution in [1.29, 1.82) is 0 Å². The molecule has 0 unspecified atom stereocenters. The van der Waals surface area contributed by atoms with Crippen LogP contribution in [0.1, 0.15) is 21.5 Å². The Bertz CT molecular complexity index is 865. The number of methoxy groups -OCH3 is 1. The highest BCUT2D eigenvalue weighted by molar-refractivity contribution is 5.89. The van der Waals surface area contributed by atoms with E-state index in [2.05, 4.69) is 4.98 Å². The van der Waals surface area contributed by atoms with Gasteiger partial charge in [-0.25, -0.2) is 4.79 Å². The highest BCUT2D eigenvalue weighted by atomic mass is 16.5. The van der Waals surface area contributed by atoms with E-state index in [0.29, 0.717) is 23.7 Å². The predicted octanol–water partition coefficient (Wildman–Crippen LogP) is 4.03. The number of para-hydroxylation sites is 1. The van der Waals surface area contributed by atoms with E-state index in [1.54, 1.807) is 43.8 Å². The van der Waals surface area contributed by atoms with Crippen molar-refractivity contribution in [3.8, 4) is 11.5 Å². The third-order valence-electron chi connectivity index (χ3n) is 3.75. The van der Waals surface area contributed by atoms with Crippen molar-refractivity contribution >= 4 is 5.97 Å². The summed E-state index contributed by atoms with van der Waals surface area (Å²) in [5.41, 5.74) is 2.20. The smallest absolute Gasteiger partial charge is 0.338 e. The van der Waals surface area contributed by atoms with Crippen LogP contribution in [-0.2, 0) is 18.0 Å². The number of rotatable bonds is 7. The molecule has 0 radical (unpaired) electrons. The van der Waals surface area contributed by atoms with Crippen LogP contribution < -0.4 is 9.47 Å². The first-order valence-electron chi connectivity index (χ1n) is 8.17. The fraction of sp³-hybridized carbons (Fsp3) is 0.143. The van der Waals surface area contributed by atoms with Crippen molar-refractivity contribution in [3.63, 3.8) is 0 Å². The molecule has 3 rings (SSSR count). The first-order valence-corrected chi connectivity index (χ1v) is 8.17. The normalized spacial score (nSPS) is 10.2. The van der Waals surface area contributed by atoms with Crippen LogP contribution >= 0.6 is 0 Å². The van der Waals surface area contributed by atoms with Crippen LogP contribution in [0.2, 0.25) is 0 Å². The van der Waals surface area contributed by atoms with Gasteiger partial charge in [-0.05, 0) is 30.3 Å². The Morgan fingerprint density at radius 3 is 2.69 bits per heavy atom. The Balaban J connectivity index is 1.61. The van der Waals surface area contributed by atoms with Gasteiger partial charge in [0.05, 0.1) is 12.7 Å². The van der Waals surface area contributed by atoms with Crippen LogP contribution in [-0.4, -0.2) is 18.1 Å². The number of nitrogens with zero attached hydrogens (tertiary/aromatic N) is 1. The Hall–Kier alpha value is -3.34. The number of aromatic nitrogens is 1. The summed E-state index contributed by atoms with van der Waals surface area (Å²) in [5.74, 6) is 0.872. The summed E-state index contributed by atoms with van der Waals surface area (Å²) in [6, 6.07) is 18.1. The second kappa shape index (κ2) is 8.67. The molecule has 0 spiro atoms. The average Bonchev–Trinajstić information content (AvgIpc) is 2.71. The second-order valence-corrected chi connectivity index (χ2v) is 5.57. The van der Waals surface area contributed by atoms with Gasteiger partial charge in [-0.2, -0.15) is 0 Å². The molecule has 0 fully saturated rings. The SMILES string of the molecule is COc1ccccc1COC(=O)c1cccc(OCc2cccnc2)c1. The van der Waals surface area contributed by atoms with Crippen molar-refractivity contribution in [1.82, 2.24) is 4.98 Å². The number of ether oxygens (including phenoxy) is 3. The summed E-state index contributed by atoms with van der Waals surface area (Å²) < 4.78 is 16.4. The molecule has 132 valence electrons. The number of hydrogen-bond acceptors (Lipinski definition) is 5. The zero-order valence-corrected chi connectivity index (χ0v) is 14.4. The summed E-state index contributed by atoms with van der Waals surface area (Å²) >= 11 is 0. The third kappa shape index (κ3) is 4.60. The summed E-state index contributed by atoms with van der Waals surface area (Å²) in [5, 5.41) is 0. The Morgan fingerprint density at radius 1 is 1.00 bits per heavy atom. The minimum Gasteiger partial charge on any atom is -0.496 e. The Kier molecular flexibility index (Phi) is 5.83. The minimum atomic E-state index is -0.414. The predicted molar refractivity (Wildman–Crippen MR) is 97.1 cm³/mol. The number of esters is 1. The van der Waals surface area contributed by atoms with Crippen LogP contribution in [0.4, 0.5) is 0 Å². The van der Waals surface area contributed by atoms with Gasteiger partial charge in [0.1, 0.15) is 24.7 Å². The summed E-state index contributed by atoms with van der Waals surface area (Å²) in [6.45, 7) is 0.525. The summed E-state index contributed by atoms with van der Waals surface area (Å²) in [4.78, 5) is 16.4. The van der Waals surface area contributed by atoms with Crippen LogP contribution in [0, 0.1) is 0 Å². The molecular weight excluding hydrogens is 330 g/mol. The molecule has 0 saturated carbocycles. The van der Waals surface area contributed by atoms with E-state index in [-0.39, 0.29) is 6.61 Å². The van der Waals surface area contributed by atoms with Crippen LogP contribution in [0.25, 0.3) is 0 Å². The average molecular weight is 349 g/mol. The first kappa shape index (κ1) is 17.5. The fourth-order valence-electron chi connectivity index (χ4n) is 2.41. The summed E-state index contributed by atoms with van der Waals surface area (Å²) in [7, 11) is 1.59. The first-order chi connectivity index (χ1) is 12.8. The lowest BCUT2D eigenvalue weighted by atomic mass is 10.2. The summed E-state index contributed by atoms with van der Waals surface area (Å²) in [6.07, 6.45) is 3.45. The zero-order chi connectivity index (χ0) is 18.2. The van der Waals surface area contributed by atoms with Crippen molar-refractivity contribution in [2.24, 2.45) is 0 Å². The number of hydrogen-bond donors (Lipinski definition) is 0. The molecule has 1 aromatic heterocycles. The van der Waals surface area contributed by atoms with Crippen LogP contribution in [0.15, 0.2) is 73.1 Å². The fourth-order valence-corrected chi connectivity index (χ4v) is 2.41. The molecule has 3 aromatic rings. The maximum Gasteiger partial charge on any atom is 0.338 e. The number of carbonyl (C=O) groups is 1. The monoisotopic (exact) mass is 349 g/mol. The standard InChI is InChI=1S/C21H19NO4/c1-24-20-10-3-2-7-18(20)15-26-21(23)17-8-4-9-19(12-17)25-14-16-6-5-11-22-13-16/h2-13H,14-15H2,1H3. The quantitative estimate of drug-likeness (QED) is 0.603. The molecule has 0 atom stereocenters. The van der Waals surface area contributed by atoms with Gasteiger partial charge >= 0.3 is 5.97 Å². The lowest BCUT2D eigenvalue weighted by Crippen LogP contribution is -2.06. The highest BCUT2D eigenvalue weighted by Gasteiger charge is 2.10. The van der Waals surface area contributed by atoms with Gasteiger partial charge in [0, 0.05) is 23.5 Å². The van der Waals surface area contributed by atoms with Crippen LogP contribution in [0.5, 0.6) is 11.5 Å². The molecule has 0 N–H and O–H groups in total. The molecule has 5 heteroatoms. The molecule has 5 nitrogen and oxygen atoms in total. The van der Waals surface area contributed by atoms with Crippen molar-refractivity contribution in [3.05, 3.63) is 89.7 Å². The molecule has 0 bridgehead atoms. The molecule has 1 heterocycles. The third-order valence-corrected chi connectivity index (χ3v) is 3.75. The van der Waals surface area contributed by atoms with E-state index in [9.17, 15) is 4.79 Å². The van der Waals surface area contributed by atoms with Gasteiger partial charge in [-0.15, -0.1) is 0 Å². The van der Waals surface area contributed by atoms with Crippen LogP contribution in [0.3, 0.4) is 0 Å². The van der Waals surface area contributed by atoms with E-state index >= 15 is 0 Å². The number of benzene rings is 2. The van der Waals surface area contributed by atoms with E-state index in [4.69, 9.17) is 14.2 Å². The lowest BCUT2D eigenvalue weighted by molar-refractivity contribution is 0.0469. The number of carbonyl (C=O) groups excluding carboxylic acids is 1. The molecule has 26 heavy (non-hydrogen) atoms. The molecule has 0 aliphatic rings. The Morgan fingerprint density at radius 2 is 1.88 bits per heavy atom. The van der Waals surface area contributed by atoms with Crippen molar-refractivity contribution < 1.29 is 19.0 Å². The van der Waals surface area contributed by atoms with E-state index < -0.39 is 5.97 Å². The molecule has 0 saturated heterocycles. The molecule has 2 aromatic carbocycles. The topological polar surface area (TPSA) is 57.7 Å². The van der Waals surface area contributed by atoms with Gasteiger partial charge in [-0.3, -0.25) is 4.98 Å². The lowest BCUT2D eigenvalue weighted by Gasteiger charge is -2.10. The van der Waals surface area contributed by atoms with E-state index in [1.807, 2.05) is 36.4 Å². The molecular formula is C21H19NO4. The van der Waals surface area contributed by atoms with Gasteiger partial charge in [0.2, 0.25) is 0 Å². The van der Waals surface area contributed by atoms with Crippen molar-refractivity contribution in [2.75, 3.05) is 7.11 Å². The second-order valence-electron chi connectivity index (χ2n) is 5.57.